The van der Waals surface area contributed by atoms with Crippen molar-refractivity contribution in [1.82, 2.24) is 9.78 Å². The van der Waals surface area contributed by atoms with Gasteiger partial charge in [0, 0.05) is 24.6 Å². The van der Waals surface area contributed by atoms with Crippen molar-refractivity contribution >= 4 is 11.7 Å². The van der Waals surface area contributed by atoms with E-state index in [9.17, 15) is 18.0 Å². The Bertz CT molecular complexity index is 825. The fourth-order valence-corrected chi connectivity index (χ4v) is 3.37. The first-order valence-corrected chi connectivity index (χ1v) is 8.38. The lowest BCUT2D eigenvalue weighted by molar-refractivity contribution is -0.119. The summed E-state index contributed by atoms with van der Waals surface area (Å²) in [6.07, 6.45) is 2.59. The smallest absolute Gasteiger partial charge is 0.260 e. The highest BCUT2D eigenvalue weighted by atomic mass is 19.3. The van der Waals surface area contributed by atoms with Crippen molar-refractivity contribution in [1.29, 1.82) is 0 Å². The zero-order valence-corrected chi connectivity index (χ0v) is 13.7. The van der Waals surface area contributed by atoms with Crippen LogP contribution in [0, 0.1) is 11.7 Å². The van der Waals surface area contributed by atoms with Gasteiger partial charge in [0.25, 0.3) is 5.92 Å². The highest BCUT2D eigenvalue weighted by Gasteiger charge is 2.61. The molecule has 0 radical (unpaired) electrons. The normalized spacial score (nSPS) is 21.7. The summed E-state index contributed by atoms with van der Waals surface area (Å²) in [5.41, 5.74) is 2.44. The van der Waals surface area contributed by atoms with Gasteiger partial charge in [-0.15, -0.1) is 0 Å². The van der Waals surface area contributed by atoms with Crippen molar-refractivity contribution in [3.8, 4) is 11.3 Å². The van der Waals surface area contributed by atoms with Crippen molar-refractivity contribution in [2.75, 3.05) is 5.32 Å². The van der Waals surface area contributed by atoms with Gasteiger partial charge in [-0.05, 0) is 43.0 Å². The third-order valence-corrected chi connectivity index (χ3v) is 5.10. The molecule has 0 unspecified atom stereocenters. The maximum atomic E-state index is 13.2. The molecule has 1 atom stereocenters. The Labute approximate surface area is 143 Å². The Morgan fingerprint density at radius 3 is 2.44 bits per heavy atom. The van der Waals surface area contributed by atoms with Gasteiger partial charge in [0.05, 0.1) is 5.69 Å². The van der Waals surface area contributed by atoms with E-state index in [0.717, 1.165) is 36.1 Å². The van der Waals surface area contributed by atoms with E-state index in [1.165, 1.54) is 12.1 Å². The van der Waals surface area contributed by atoms with E-state index in [4.69, 9.17) is 0 Å². The number of hydrogen-bond acceptors (Lipinski definition) is 2. The Morgan fingerprint density at radius 2 is 1.92 bits per heavy atom. The van der Waals surface area contributed by atoms with Crippen LogP contribution in [0.25, 0.3) is 11.3 Å². The number of rotatable bonds is 4. The van der Waals surface area contributed by atoms with Crippen LogP contribution in [0.3, 0.4) is 0 Å². The summed E-state index contributed by atoms with van der Waals surface area (Å²) in [7, 11) is 1.74. The maximum absolute atomic E-state index is 13.2. The molecule has 1 heterocycles. The Kier molecular flexibility index (Phi) is 3.63. The van der Waals surface area contributed by atoms with Crippen LogP contribution in [0.15, 0.2) is 24.3 Å². The van der Waals surface area contributed by atoms with E-state index in [2.05, 4.69) is 10.4 Å². The summed E-state index contributed by atoms with van der Waals surface area (Å²) in [5.74, 6) is -4.62. The van der Waals surface area contributed by atoms with Crippen molar-refractivity contribution in [2.45, 2.75) is 37.5 Å². The van der Waals surface area contributed by atoms with Crippen molar-refractivity contribution in [2.24, 2.45) is 13.0 Å². The number of nitrogens with zero attached hydrogens (tertiary/aromatic N) is 2. The van der Waals surface area contributed by atoms with E-state index < -0.39 is 24.2 Å². The molecule has 0 bridgehead atoms. The summed E-state index contributed by atoms with van der Waals surface area (Å²) < 4.78 is 41.2. The SMILES string of the molecule is Cn1nc(NC(=O)[C@@H]2CC2(F)F)c(C2CCC2)c1-c1ccc(F)cc1. The highest BCUT2D eigenvalue weighted by molar-refractivity contribution is 5.96. The average molecular weight is 349 g/mol. The molecule has 0 saturated heterocycles. The van der Waals surface area contributed by atoms with Crippen LogP contribution in [-0.2, 0) is 11.8 Å². The molecule has 7 heteroatoms. The lowest BCUT2D eigenvalue weighted by Gasteiger charge is -2.27. The number of amides is 1. The largest absolute Gasteiger partial charge is 0.309 e. The second-order valence-corrected chi connectivity index (χ2v) is 6.88. The molecule has 1 aromatic carbocycles. The van der Waals surface area contributed by atoms with Crippen LogP contribution in [0.4, 0.5) is 19.0 Å². The van der Waals surface area contributed by atoms with Gasteiger partial charge < -0.3 is 5.32 Å². The first-order valence-electron chi connectivity index (χ1n) is 8.38. The van der Waals surface area contributed by atoms with E-state index in [-0.39, 0.29) is 11.7 Å². The molecule has 0 spiro atoms. The molecule has 1 amide bonds. The van der Waals surface area contributed by atoms with E-state index in [0.29, 0.717) is 5.82 Å². The Balaban J connectivity index is 1.71. The van der Waals surface area contributed by atoms with Crippen LogP contribution >= 0.6 is 0 Å². The third-order valence-electron chi connectivity index (χ3n) is 5.10. The van der Waals surface area contributed by atoms with Crippen molar-refractivity contribution < 1.29 is 18.0 Å². The van der Waals surface area contributed by atoms with E-state index in [1.807, 2.05) is 0 Å². The second-order valence-electron chi connectivity index (χ2n) is 6.88. The minimum Gasteiger partial charge on any atom is -0.309 e. The number of nitrogens with one attached hydrogen (secondary N) is 1. The molecule has 0 aliphatic heterocycles. The van der Waals surface area contributed by atoms with Gasteiger partial charge in [-0.3, -0.25) is 9.48 Å². The fraction of sp³-hybridized carbons (Fsp3) is 0.444. The van der Waals surface area contributed by atoms with Gasteiger partial charge in [-0.1, -0.05) is 6.42 Å². The molecule has 4 nitrogen and oxygen atoms in total. The number of halogens is 3. The van der Waals surface area contributed by atoms with Crippen LogP contribution in [-0.4, -0.2) is 21.6 Å². The summed E-state index contributed by atoms with van der Waals surface area (Å²) in [6.45, 7) is 0. The number of anilines is 1. The number of benzene rings is 1. The van der Waals surface area contributed by atoms with Gasteiger partial charge in [-0.2, -0.15) is 5.10 Å². The fourth-order valence-electron chi connectivity index (χ4n) is 3.37. The number of aromatic nitrogens is 2. The molecule has 25 heavy (non-hydrogen) atoms. The molecular formula is C18H18F3N3O. The van der Waals surface area contributed by atoms with Gasteiger partial charge in [0.1, 0.15) is 11.7 Å². The lowest BCUT2D eigenvalue weighted by Crippen LogP contribution is -2.20. The Hall–Kier alpha value is -2.31. The average Bonchev–Trinajstić information content (AvgIpc) is 3.04. The first-order chi connectivity index (χ1) is 11.9. The van der Waals surface area contributed by atoms with Crippen LogP contribution < -0.4 is 5.32 Å². The first kappa shape index (κ1) is 16.2. The maximum Gasteiger partial charge on any atom is 0.260 e. The van der Waals surface area contributed by atoms with Crippen molar-refractivity contribution in [3.05, 3.63) is 35.6 Å². The molecule has 2 aliphatic rings. The molecule has 132 valence electrons. The Morgan fingerprint density at radius 1 is 1.28 bits per heavy atom. The number of hydrogen-bond donors (Lipinski definition) is 1. The van der Waals surface area contributed by atoms with Crippen LogP contribution in [0.1, 0.15) is 37.2 Å². The van der Waals surface area contributed by atoms with E-state index >= 15 is 0 Å². The van der Waals surface area contributed by atoms with Crippen LogP contribution in [0.2, 0.25) is 0 Å². The van der Waals surface area contributed by atoms with Gasteiger partial charge in [-0.25, -0.2) is 13.2 Å². The van der Waals surface area contributed by atoms with E-state index in [1.54, 1.807) is 23.9 Å². The van der Waals surface area contributed by atoms with Gasteiger partial charge in [0.2, 0.25) is 5.91 Å². The molecule has 1 aromatic heterocycles. The minimum atomic E-state index is -2.91. The predicted octanol–water partition coefficient (Wildman–Crippen LogP) is 4.09. The number of carbonyl (C=O) groups is 1. The number of alkyl halides is 2. The quantitative estimate of drug-likeness (QED) is 0.904. The van der Waals surface area contributed by atoms with Gasteiger partial charge >= 0.3 is 0 Å². The highest BCUT2D eigenvalue weighted by Crippen LogP contribution is 2.50. The number of aryl methyl sites for hydroxylation is 1. The zero-order chi connectivity index (χ0) is 17.8. The third kappa shape index (κ3) is 2.81. The monoisotopic (exact) mass is 349 g/mol. The topological polar surface area (TPSA) is 46.9 Å². The molecule has 2 aliphatic carbocycles. The number of carbonyl (C=O) groups excluding carboxylic acids is 1. The molecule has 2 saturated carbocycles. The summed E-state index contributed by atoms with van der Waals surface area (Å²) in [5, 5.41) is 6.95. The zero-order valence-electron chi connectivity index (χ0n) is 13.7. The van der Waals surface area contributed by atoms with Gasteiger partial charge in [0.15, 0.2) is 5.82 Å². The molecular weight excluding hydrogens is 331 g/mol. The summed E-state index contributed by atoms with van der Waals surface area (Å²) >= 11 is 0. The predicted molar refractivity (Wildman–Crippen MR) is 86.9 cm³/mol. The second kappa shape index (κ2) is 5.61. The standard InChI is InChI=1S/C18H18F3N3O/c1-24-15(11-5-7-12(19)8-6-11)14(10-3-2-4-10)16(23-24)22-17(25)13-9-18(13,20)21/h5-8,10,13H,2-4,9H2,1H3,(H,22,23,25)/t13-/m0/s1. The molecule has 4 rings (SSSR count). The molecule has 1 N–H and O–H groups in total. The minimum absolute atomic E-state index is 0.226. The summed E-state index contributed by atoms with van der Waals surface area (Å²) in [4.78, 5) is 12.1. The summed E-state index contributed by atoms with van der Waals surface area (Å²) in [6, 6.07) is 6.07. The molecule has 2 fully saturated rings. The lowest BCUT2D eigenvalue weighted by atomic mass is 9.79. The van der Waals surface area contributed by atoms with Crippen LogP contribution in [0.5, 0.6) is 0 Å². The van der Waals surface area contributed by atoms with Crippen molar-refractivity contribution in [3.63, 3.8) is 0 Å². The molecule has 2 aromatic rings.